The van der Waals surface area contributed by atoms with Crippen LogP contribution in [0.1, 0.15) is 21.6 Å². The Balaban J connectivity index is 2.13. The Morgan fingerprint density at radius 1 is 1.15 bits per heavy atom. The molecule has 0 saturated heterocycles. The van der Waals surface area contributed by atoms with Crippen LogP contribution in [0.2, 0.25) is 0 Å². The molecule has 1 aliphatic heterocycles. The zero-order valence-electron chi connectivity index (χ0n) is 10.9. The number of hydrogen-bond acceptors (Lipinski definition) is 4. The first-order valence-electron chi connectivity index (χ1n) is 6.20. The topological polar surface area (TPSA) is 65.4 Å². The smallest absolute Gasteiger partial charge is 0.340 e. The summed E-state index contributed by atoms with van der Waals surface area (Å²) >= 11 is 0. The van der Waals surface area contributed by atoms with E-state index in [9.17, 15) is 13.2 Å². The Morgan fingerprint density at radius 3 is 2.55 bits per heavy atom. The van der Waals surface area contributed by atoms with Crippen LogP contribution in [0.5, 0.6) is 0 Å². The number of rotatable bonds is 2. The summed E-state index contributed by atoms with van der Waals surface area (Å²) in [4.78, 5) is 11.8. The lowest BCUT2D eigenvalue weighted by molar-refractivity contribution is 0.0479. The summed E-state index contributed by atoms with van der Waals surface area (Å²) in [6.07, 6.45) is 1.81. The number of carbonyl (C=O) groups is 1. The fourth-order valence-electron chi connectivity index (χ4n) is 2.24. The largest absolute Gasteiger partial charge is 0.462 e. The van der Waals surface area contributed by atoms with Crippen molar-refractivity contribution in [2.45, 2.75) is 18.2 Å². The van der Waals surface area contributed by atoms with Crippen LogP contribution in [0.25, 0.3) is 0 Å². The molecule has 104 valence electrons. The van der Waals surface area contributed by atoms with E-state index in [2.05, 4.69) is 0 Å². The molecule has 0 spiro atoms. The zero-order valence-corrected chi connectivity index (χ0v) is 11.7. The summed E-state index contributed by atoms with van der Waals surface area (Å²) in [6, 6.07) is 8.12. The van der Waals surface area contributed by atoms with E-state index in [0.717, 1.165) is 5.56 Å². The average molecular weight is 291 g/mol. The Labute approximate surface area is 116 Å². The molecule has 6 heteroatoms. The van der Waals surface area contributed by atoms with Gasteiger partial charge in [-0.25, -0.2) is 17.2 Å². The van der Waals surface area contributed by atoms with Crippen molar-refractivity contribution in [3.63, 3.8) is 0 Å². The van der Waals surface area contributed by atoms with Gasteiger partial charge in [-0.2, -0.15) is 0 Å². The van der Waals surface area contributed by atoms with Crippen molar-refractivity contribution >= 4 is 16.0 Å². The highest BCUT2D eigenvalue weighted by Crippen LogP contribution is 2.23. The molecule has 20 heavy (non-hydrogen) atoms. The number of cyclic esters (lactones) is 1. The van der Waals surface area contributed by atoms with E-state index in [4.69, 9.17) is 4.74 Å². The Morgan fingerprint density at radius 2 is 1.85 bits per heavy atom. The van der Waals surface area contributed by atoms with Gasteiger partial charge in [0.25, 0.3) is 10.0 Å². The van der Waals surface area contributed by atoms with Crippen LogP contribution in [-0.4, -0.2) is 25.0 Å². The Kier molecular flexibility index (Phi) is 2.90. The van der Waals surface area contributed by atoms with E-state index in [1.54, 1.807) is 24.3 Å². The lowest BCUT2D eigenvalue weighted by Gasteiger charge is -2.16. The fourth-order valence-corrected chi connectivity index (χ4v) is 3.65. The van der Waals surface area contributed by atoms with Gasteiger partial charge in [-0.3, -0.25) is 0 Å². The summed E-state index contributed by atoms with van der Waals surface area (Å²) in [6.45, 7) is 2.10. The number of fused-ring (bicyclic) bond motifs is 1. The highest BCUT2D eigenvalue weighted by Gasteiger charge is 2.27. The van der Waals surface area contributed by atoms with Crippen molar-refractivity contribution in [2.24, 2.45) is 0 Å². The number of aromatic nitrogens is 1. The molecule has 0 radical (unpaired) electrons. The second kappa shape index (κ2) is 4.49. The summed E-state index contributed by atoms with van der Waals surface area (Å²) in [5.74, 6) is -0.468. The molecule has 0 unspecified atom stereocenters. The van der Waals surface area contributed by atoms with Crippen LogP contribution in [0.4, 0.5) is 0 Å². The predicted octanol–water partition coefficient (Wildman–Crippen LogP) is 1.75. The highest BCUT2D eigenvalue weighted by molar-refractivity contribution is 7.90. The summed E-state index contributed by atoms with van der Waals surface area (Å²) in [5, 5.41) is 0. The lowest BCUT2D eigenvalue weighted by Crippen LogP contribution is -2.22. The Bertz CT molecular complexity index is 772. The van der Waals surface area contributed by atoms with Gasteiger partial charge in [0.15, 0.2) is 0 Å². The number of esters is 1. The monoisotopic (exact) mass is 291 g/mol. The molecule has 0 fully saturated rings. The first-order chi connectivity index (χ1) is 9.50. The molecule has 0 saturated carbocycles. The fraction of sp³-hybridized carbons (Fsp3) is 0.214. The molecule has 0 bridgehead atoms. The minimum absolute atomic E-state index is 0.208. The van der Waals surface area contributed by atoms with E-state index in [1.165, 1.54) is 16.2 Å². The summed E-state index contributed by atoms with van der Waals surface area (Å²) in [7, 11) is -3.67. The molecular weight excluding hydrogens is 278 g/mol. The number of aryl methyl sites for hydroxylation is 1. The maximum absolute atomic E-state index is 12.6. The number of benzene rings is 1. The van der Waals surface area contributed by atoms with Crippen molar-refractivity contribution in [3.8, 4) is 0 Å². The zero-order chi connectivity index (χ0) is 14.3. The first kappa shape index (κ1) is 12.9. The van der Waals surface area contributed by atoms with Crippen molar-refractivity contribution in [3.05, 3.63) is 53.3 Å². The van der Waals surface area contributed by atoms with Crippen LogP contribution < -0.4 is 0 Å². The molecule has 1 aromatic heterocycles. The average Bonchev–Trinajstić information content (AvgIpc) is 2.85. The van der Waals surface area contributed by atoms with Gasteiger partial charge in [0.1, 0.15) is 0 Å². The second-order valence-corrected chi connectivity index (χ2v) is 6.49. The number of ether oxygens (including phenoxy) is 1. The van der Waals surface area contributed by atoms with Gasteiger partial charge in [-0.1, -0.05) is 17.7 Å². The van der Waals surface area contributed by atoms with Crippen LogP contribution in [0.3, 0.4) is 0 Å². The molecule has 1 aromatic carbocycles. The van der Waals surface area contributed by atoms with E-state index in [0.29, 0.717) is 17.7 Å². The summed E-state index contributed by atoms with van der Waals surface area (Å²) < 4.78 is 31.3. The molecule has 1 aliphatic rings. The SMILES string of the molecule is Cc1ccc(S(=O)(=O)n2ccc3c2CCOC3=O)cc1. The molecule has 0 aliphatic carbocycles. The van der Waals surface area contributed by atoms with E-state index < -0.39 is 16.0 Å². The van der Waals surface area contributed by atoms with Crippen LogP contribution in [-0.2, 0) is 21.2 Å². The van der Waals surface area contributed by atoms with Gasteiger partial charge in [0.2, 0.25) is 0 Å². The molecule has 0 amide bonds. The van der Waals surface area contributed by atoms with Gasteiger partial charge in [-0.15, -0.1) is 0 Å². The normalized spacial score (nSPS) is 14.8. The molecule has 2 heterocycles. The van der Waals surface area contributed by atoms with Crippen molar-refractivity contribution in [2.75, 3.05) is 6.61 Å². The number of hydrogen-bond donors (Lipinski definition) is 0. The van der Waals surface area contributed by atoms with Gasteiger partial charge in [0.05, 0.1) is 22.8 Å². The quantitative estimate of drug-likeness (QED) is 0.791. The standard InChI is InChI=1S/C14H13NO4S/c1-10-2-4-11(5-3-10)20(17,18)15-8-6-12-13(15)7-9-19-14(12)16/h2-6,8H,7,9H2,1H3. The predicted molar refractivity (Wildman–Crippen MR) is 72.2 cm³/mol. The summed E-state index contributed by atoms with van der Waals surface area (Å²) in [5.41, 5.74) is 1.80. The molecule has 5 nitrogen and oxygen atoms in total. The minimum Gasteiger partial charge on any atom is -0.462 e. The molecule has 0 N–H and O–H groups in total. The Hall–Kier alpha value is -2.08. The van der Waals surface area contributed by atoms with Gasteiger partial charge < -0.3 is 4.74 Å². The van der Waals surface area contributed by atoms with Crippen molar-refractivity contribution in [1.29, 1.82) is 0 Å². The maximum Gasteiger partial charge on any atom is 0.340 e. The third kappa shape index (κ3) is 1.92. The molecule has 3 rings (SSSR count). The van der Waals surface area contributed by atoms with Gasteiger partial charge in [-0.05, 0) is 25.1 Å². The molecule has 0 atom stereocenters. The maximum atomic E-state index is 12.6. The van der Waals surface area contributed by atoms with Crippen LogP contribution in [0.15, 0.2) is 41.4 Å². The lowest BCUT2D eigenvalue weighted by atomic mass is 10.2. The van der Waals surface area contributed by atoms with E-state index in [-0.39, 0.29) is 11.5 Å². The molecular formula is C14H13NO4S. The van der Waals surface area contributed by atoms with Gasteiger partial charge in [0, 0.05) is 12.6 Å². The van der Waals surface area contributed by atoms with Gasteiger partial charge >= 0.3 is 5.97 Å². The van der Waals surface area contributed by atoms with Crippen LogP contribution >= 0.6 is 0 Å². The third-order valence-electron chi connectivity index (χ3n) is 3.32. The van der Waals surface area contributed by atoms with Crippen molar-refractivity contribution < 1.29 is 17.9 Å². The highest BCUT2D eigenvalue weighted by atomic mass is 32.2. The second-order valence-electron chi connectivity index (χ2n) is 4.68. The van der Waals surface area contributed by atoms with E-state index in [1.807, 2.05) is 6.92 Å². The van der Waals surface area contributed by atoms with Crippen molar-refractivity contribution in [1.82, 2.24) is 3.97 Å². The first-order valence-corrected chi connectivity index (χ1v) is 7.64. The minimum atomic E-state index is -3.67. The van der Waals surface area contributed by atoms with Crippen LogP contribution in [0, 0.1) is 6.92 Å². The third-order valence-corrected chi connectivity index (χ3v) is 5.05. The number of carbonyl (C=O) groups excluding carboxylic acids is 1. The number of nitrogens with zero attached hydrogens (tertiary/aromatic N) is 1. The molecule has 2 aromatic rings. The van der Waals surface area contributed by atoms with E-state index >= 15 is 0 Å².